The number of hydrogen-bond donors (Lipinski definition) is 0. The molecule has 2 heterocycles. The minimum absolute atomic E-state index is 0.231. The van der Waals surface area contributed by atoms with Crippen molar-refractivity contribution in [3.63, 3.8) is 0 Å². The molecule has 2 aliphatic heterocycles. The molecular formula is C49H58N2O6. The van der Waals surface area contributed by atoms with Crippen LogP contribution in [0, 0.1) is 5.41 Å². The summed E-state index contributed by atoms with van der Waals surface area (Å²) in [6.45, 7) is 7.35. The molecule has 0 aromatic heterocycles. The Morgan fingerprint density at radius 1 is 0.544 bits per heavy atom. The molecule has 8 nitrogen and oxygen atoms in total. The second-order valence-corrected chi connectivity index (χ2v) is 15.1. The number of allylic oxidation sites excluding steroid dienone is 2. The van der Waals surface area contributed by atoms with Crippen LogP contribution < -0.4 is 18.9 Å². The summed E-state index contributed by atoms with van der Waals surface area (Å²) in [7, 11) is 3.24. The largest absolute Gasteiger partial charge is 0.493 e. The lowest BCUT2D eigenvalue weighted by molar-refractivity contribution is -0.135. The van der Waals surface area contributed by atoms with Crippen molar-refractivity contribution < 1.29 is 28.5 Å². The number of nitrogens with zero attached hydrogens (tertiary/aromatic N) is 2. The Bertz CT molecular complexity index is 1790. The predicted molar refractivity (Wildman–Crippen MR) is 228 cm³/mol. The first-order valence-electron chi connectivity index (χ1n) is 20.5. The first-order chi connectivity index (χ1) is 28.0. The highest BCUT2D eigenvalue weighted by Crippen LogP contribution is 2.35. The highest BCUT2D eigenvalue weighted by molar-refractivity contribution is 6.17. The third kappa shape index (κ3) is 11.9. The average molecular weight is 771 g/mol. The molecule has 0 atom stereocenters. The van der Waals surface area contributed by atoms with Gasteiger partial charge in [0.15, 0.2) is 34.6 Å². The van der Waals surface area contributed by atoms with Gasteiger partial charge >= 0.3 is 0 Å². The number of piperidine rings is 2. The summed E-state index contributed by atoms with van der Waals surface area (Å²) in [5.74, 6) is 1.96. The highest BCUT2D eigenvalue weighted by atomic mass is 16.5. The van der Waals surface area contributed by atoms with Crippen LogP contribution in [0.2, 0.25) is 0 Å². The van der Waals surface area contributed by atoms with Crippen molar-refractivity contribution in [2.75, 3.05) is 66.7 Å². The quantitative estimate of drug-likeness (QED) is 0.0653. The summed E-state index contributed by atoms with van der Waals surface area (Å²) >= 11 is 0. The Hall–Kier alpha value is -5.18. The molecule has 4 aromatic carbocycles. The zero-order valence-electron chi connectivity index (χ0n) is 33.7. The van der Waals surface area contributed by atoms with Crippen LogP contribution in [0.15, 0.2) is 109 Å². The van der Waals surface area contributed by atoms with E-state index in [0.29, 0.717) is 36.2 Å². The van der Waals surface area contributed by atoms with Crippen LogP contribution in [0.5, 0.6) is 23.0 Å². The van der Waals surface area contributed by atoms with Crippen LogP contribution in [0.25, 0.3) is 12.2 Å². The molecule has 300 valence electrons. The van der Waals surface area contributed by atoms with Crippen molar-refractivity contribution in [3.8, 4) is 23.0 Å². The lowest BCUT2D eigenvalue weighted by Gasteiger charge is -2.29. The molecule has 0 N–H and O–H groups in total. The van der Waals surface area contributed by atoms with Gasteiger partial charge < -0.3 is 18.9 Å². The van der Waals surface area contributed by atoms with Crippen molar-refractivity contribution in [1.29, 1.82) is 0 Å². The van der Waals surface area contributed by atoms with Gasteiger partial charge in [-0.3, -0.25) is 19.4 Å². The maximum absolute atomic E-state index is 14.7. The predicted octanol–water partition coefficient (Wildman–Crippen LogP) is 8.77. The van der Waals surface area contributed by atoms with Gasteiger partial charge in [-0.05, 0) is 123 Å². The van der Waals surface area contributed by atoms with Gasteiger partial charge in [-0.25, -0.2) is 0 Å². The molecule has 0 aliphatic carbocycles. The zero-order valence-corrected chi connectivity index (χ0v) is 33.7. The molecule has 57 heavy (non-hydrogen) atoms. The van der Waals surface area contributed by atoms with E-state index in [0.717, 1.165) is 61.5 Å². The zero-order chi connectivity index (χ0) is 39.7. The normalized spacial score (nSPS) is 15.5. The molecule has 0 saturated carbocycles. The third-order valence-electron chi connectivity index (χ3n) is 11.1. The van der Waals surface area contributed by atoms with Crippen molar-refractivity contribution in [2.45, 2.75) is 51.4 Å². The van der Waals surface area contributed by atoms with Gasteiger partial charge in [-0.1, -0.05) is 97.8 Å². The minimum atomic E-state index is -1.42. The highest BCUT2D eigenvalue weighted by Gasteiger charge is 2.43. The average Bonchev–Trinajstić information content (AvgIpc) is 3.26. The van der Waals surface area contributed by atoms with Crippen LogP contribution in [0.3, 0.4) is 0 Å². The molecule has 2 aliphatic rings. The number of benzene rings is 4. The number of ketones is 2. The smallest absolute Gasteiger partial charge is 0.170 e. The maximum atomic E-state index is 14.7. The van der Waals surface area contributed by atoms with Gasteiger partial charge in [-0.2, -0.15) is 0 Å². The molecule has 6 rings (SSSR count). The van der Waals surface area contributed by atoms with E-state index < -0.39 is 5.41 Å². The summed E-state index contributed by atoms with van der Waals surface area (Å²) in [5.41, 5.74) is 1.92. The van der Waals surface area contributed by atoms with Gasteiger partial charge in [0.05, 0.1) is 14.2 Å². The van der Waals surface area contributed by atoms with E-state index in [1.165, 1.54) is 38.5 Å². The number of hydrogen-bond acceptors (Lipinski definition) is 8. The van der Waals surface area contributed by atoms with Gasteiger partial charge in [-0.15, -0.1) is 0 Å². The second-order valence-electron chi connectivity index (χ2n) is 15.1. The molecule has 2 saturated heterocycles. The Kier molecular flexibility index (Phi) is 15.5. The topological polar surface area (TPSA) is 77.5 Å². The molecule has 0 amide bonds. The molecule has 0 radical (unpaired) electrons. The fraction of sp³-hybridized carbons (Fsp3) is 0.388. The van der Waals surface area contributed by atoms with Crippen molar-refractivity contribution in [1.82, 2.24) is 9.80 Å². The SMILES string of the molecule is COc1cc(/C=C\C(=O)C(Cc2ccccc2)(Cc2ccccc2)C(=O)/C=C/c2ccc(OCCN3CCCCC3)c(OC)c2)ccc1OCCN1CCCCC1. The fourth-order valence-electron chi connectivity index (χ4n) is 7.83. The van der Waals surface area contributed by atoms with Gasteiger partial charge in [0.2, 0.25) is 0 Å². The van der Waals surface area contributed by atoms with Gasteiger partial charge in [0, 0.05) is 13.1 Å². The lowest BCUT2D eigenvalue weighted by Crippen LogP contribution is -2.42. The van der Waals surface area contributed by atoms with Gasteiger partial charge in [0.25, 0.3) is 0 Å². The summed E-state index contributed by atoms with van der Waals surface area (Å²) in [6.07, 6.45) is 14.6. The van der Waals surface area contributed by atoms with Crippen LogP contribution in [0.1, 0.15) is 60.8 Å². The number of rotatable bonds is 20. The first kappa shape index (κ1) is 41.5. The Labute approximate surface area is 339 Å². The van der Waals surface area contributed by atoms with Crippen LogP contribution in [-0.4, -0.2) is 88.1 Å². The summed E-state index contributed by atoms with van der Waals surface area (Å²) in [6, 6.07) is 30.8. The molecule has 2 fully saturated rings. The number of carbonyl (C=O) groups excluding carboxylic acids is 2. The summed E-state index contributed by atoms with van der Waals surface area (Å²) < 4.78 is 23.7. The Morgan fingerprint density at radius 3 is 1.33 bits per heavy atom. The molecule has 0 bridgehead atoms. The van der Waals surface area contributed by atoms with E-state index >= 15 is 0 Å². The van der Waals surface area contributed by atoms with E-state index in [1.54, 1.807) is 38.5 Å². The lowest BCUT2D eigenvalue weighted by atomic mass is 9.69. The van der Waals surface area contributed by atoms with Crippen molar-refractivity contribution >= 4 is 23.7 Å². The van der Waals surface area contributed by atoms with Crippen molar-refractivity contribution in [2.24, 2.45) is 5.41 Å². The molecular weight excluding hydrogens is 713 g/mol. The second kappa shape index (κ2) is 21.4. The van der Waals surface area contributed by atoms with E-state index in [4.69, 9.17) is 18.9 Å². The van der Waals surface area contributed by atoms with Crippen LogP contribution in [0.4, 0.5) is 0 Å². The van der Waals surface area contributed by atoms with Crippen LogP contribution in [-0.2, 0) is 22.4 Å². The van der Waals surface area contributed by atoms with Gasteiger partial charge in [0.1, 0.15) is 18.6 Å². The fourth-order valence-corrected chi connectivity index (χ4v) is 7.83. The number of likely N-dealkylation sites (tertiary alicyclic amines) is 2. The number of carbonyl (C=O) groups is 2. The Morgan fingerprint density at radius 2 is 0.947 bits per heavy atom. The summed E-state index contributed by atoms with van der Waals surface area (Å²) in [5, 5.41) is 0. The standard InChI is InChI=1S/C49H58N2O6/c1-54-45-35-39(19-23-43(45)56-33-31-50-27-11-5-12-28-50)21-25-47(52)49(37-41-15-7-3-8-16-41,38-42-17-9-4-10-18-42)48(53)26-22-40-20-24-44(46(36-40)55-2)57-34-32-51-29-13-6-14-30-51/h3-4,7-10,15-26,35-36H,5-6,11-14,27-34,37-38H2,1-2H3/b25-21-,26-22+. The number of methoxy groups -OCH3 is 2. The molecule has 4 aromatic rings. The van der Waals surface area contributed by atoms with E-state index in [9.17, 15) is 9.59 Å². The van der Waals surface area contributed by atoms with Crippen molar-refractivity contribution in [3.05, 3.63) is 131 Å². The van der Waals surface area contributed by atoms with E-state index in [2.05, 4.69) is 9.80 Å². The minimum Gasteiger partial charge on any atom is -0.493 e. The maximum Gasteiger partial charge on any atom is 0.170 e. The summed E-state index contributed by atoms with van der Waals surface area (Å²) in [4.78, 5) is 34.3. The Balaban J connectivity index is 1.23. The van der Waals surface area contributed by atoms with E-state index in [1.807, 2.05) is 97.1 Å². The molecule has 0 spiro atoms. The molecule has 8 heteroatoms. The van der Waals surface area contributed by atoms with Crippen LogP contribution >= 0.6 is 0 Å². The number of ether oxygens (including phenoxy) is 4. The first-order valence-corrected chi connectivity index (χ1v) is 20.5. The molecule has 0 unspecified atom stereocenters. The monoisotopic (exact) mass is 770 g/mol. The van der Waals surface area contributed by atoms with E-state index in [-0.39, 0.29) is 24.4 Å². The third-order valence-corrected chi connectivity index (χ3v) is 11.1.